The summed E-state index contributed by atoms with van der Waals surface area (Å²) in [6.45, 7) is 3.90. The van der Waals surface area contributed by atoms with E-state index in [0.717, 1.165) is 9.54 Å². The third-order valence-corrected chi connectivity index (χ3v) is 9.24. The summed E-state index contributed by atoms with van der Waals surface area (Å²) in [5, 5.41) is 10.2. The average Bonchev–Trinajstić information content (AvgIpc) is 3.17. The second kappa shape index (κ2) is 8.62. The Kier molecular flexibility index (Phi) is 6.19. The zero-order valence-electron chi connectivity index (χ0n) is 18.1. The number of fused-ring (bicyclic) bond motifs is 1. The highest BCUT2D eigenvalue weighted by atomic mass is 32.2. The number of aromatic nitrogens is 1. The summed E-state index contributed by atoms with van der Waals surface area (Å²) in [7, 11) is -8.00. The number of hydrogen-bond donors (Lipinski definition) is 2. The second-order valence-corrected chi connectivity index (χ2v) is 12.1. The van der Waals surface area contributed by atoms with Crippen LogP contribution in [0.1, 0.15) is 51.0 Å². The van der Waals surface area contributed by atoms with Gasteiger partial charge in [0.1, 0.15) is 4.90 Å². The average molecular weight is 477 g/mol. The van der Waals surface area contributed by atoms with Crippen LogP contribution in [0.2, 0.25) is 0 Å². The van der Waals surface area contributed by atoms with Gasteiger partial charge in [0, 0.05) is 17.6 Å². The first-order valence-electron chi connectivity index (χ1n) is 10.8. The van der Waals surface area contributed by atoms with Crippen molar-refractivity contribution < 1.29 is 21.9 Å². The minimum absolute atomic E-state index is 0.00671. The Morgan fingerprint density at radius 1 is 0.938 bits per heavy atom. The maximum absolute atomic E-state index is 13.5. The first kappa shape index (κ1) is 23.0. The molecular formula is C23H28N2O5S2. The number of sulfonamides is 1. The van der Waals surface area contributed by atoms with Gasteiger partial charge in [-0.05, 0) is 55.4 Å². The molecule has 0 unspecified atom stereocenters. The van der Waals surface area contributed by atoms with Gasteiger partial charge in [-0.15, -0.1) is 0 Å². The molecule has 0 amide bonds. The predicted molar refractivity (Wildman–Crippen MR) is 124 cm³/mol. The summed E-state index contributed by atoms with van der Waals surface area (Å²) < 4.78 is 57.6. The van der Waals surface area contributed by atoms with E-state index in [1.165, 1.54) is 18.3 Å². The van der Waals surface area contributed by atoms with Crippen LogP contribution >= 0.6 is 0 Å². The van der Waals surface area contributed by atoms with E-state index in [1.54, 1.807) is 30.3 Å². The van der Waals surface area contributed by atoms with Gasteiger partial charge >= 0.3 is 0 Å². The highest BCUT2D eigenvalue weighted by molar-refractivity contribution is 7.91. The molecule has 1 aliphatic carbocycles. The Hall–Kier alpha value is -2.20. The van der Waals surface area contributed by atoms with Crippen molar-refractivity contribution in [1.82, 2.24) is 8.69 Å². The molecule has 3 aromatic rings. The lowest BCUT2D eigenvalue weighted by Gasteiger charge is -2.26. The van der Waals surface area contributed by atoms with E-state index in [0.29, 0.717) is 36.6 Å². The van der Waals surface area contributed by atoms with Crippen molar-refractivity contribution in [2.45, 2.75) is 67.4 Å². The number of benzene rings is 2. The molecule has 2 aromatic carbocycles. The Morgan fingerprint density at radius 2 is 1.59 bits per heavy atom. The van der Waals surface area contributed by atoms with Crippen LogP contribution in [0, 0.1) is 0 Å². The highest BCUT2D eigenvalue weighted by Gasteiger charge is 2.31. The lowest BCUT2D eigenvalue weighted by Crippen LogP contribution is -2.38. The second-order valence-electron chi connectivity index (χ2n) is 8.63. The van der Waals surface area contributed by atoms with Crippen molar-refractivity contribution in [2.75, 3.05) is 0 Å². The fourth-order valence-corrected chi connectivity index (χ4v) is 7.30. The summed E-state index contributed by atoms with van der Waals surface area (Å²) in [5.41, 5.74) is 1.10. The molecule has 32 heavy (non-hydrogen) atoms. The molecule has 0 aliphatic heterocycles. The van der Waals surface area contributed by atoms with E-state index in [-0.39, 0.29) is 21.8 Å². The molecule has 172 valence electrons. The fraction of sp³-hybridized carbons (Fsp3) is 0.391. The van der Waals surface area contributed by atoms with E-state index < -0.39 is 26.2 Å². The molecule has 0 spiro atoms. The molecule has 7 nitrogen and oxygen atoms in total. The van der Waals surface area contributed by atoms with Gasteiger partial charge in [-0.1, -0.05) is 44.2 Å². The number of nitrogens with zero attached hydrogens (tertiary/aromatic N) is 1. The van der Waals surface area contributed by atoms with Gasteiger partial charge in [0.15, 0.2) is 0 Å². The smallest absolute Gasteiger partial charge is 0.268 e. The van der Waals surface area contributed by atoms with Gasteiger partial charge in [-0.3, -0.25) is 0 Å². The van der Waals surface area contributed by atoms with E-state index in [1.807, 2.05) is 19.9 Å². The van der Waals surface area contributed by atoms with Gasteiger partial charge in [0.25, 0.3) is 10.0 Å². The molecule has 0 saturated heterocycles. The topological polar surface area (TPSA) is 105 Å². The third-order valence-electron chi connectivity index (χ3n) is 6.02. The third kappa shape index (κ3) is 4.22. The predicted octanol–water partition coefficient (Wildman–Crippen LogP) is 3.58. The molecule has 1 fully saturated rings. The Balaban J connectivity index is 1.89. The number of aliphatic hydroxyl groups excluding tert-OH is 1. The standard InChI is InChI=1S/C23H28N2O5S2/c1-16(2)20-9-6-10-21-23(20)22(31(27,28)24-17-11-13-18(26)14-12-17)15-25(21)32(29,30)19-7-4-3-5-8-19/h3-10,15-18,24,26H,11-14H2,1-2H3/t17-,18-. The Labute approximate surface area is 189 Å². The van der Waals surface area contributed by atoms with Crippen molar-refractivity contribution in [1.29, 1.82) is 0 Å². The normalized spacial score (nSPS) is 20.1. The molecule has 1 aromatic heterocycles. The molecule has 9 heteroatoms. The Morgan fingerprint density at radius 3 is 2.22 bits per heavy atom. The zero-order chi connectivity index (χ0) is 23.1. The maximum Gasteiger partial charge on any atom is 0.268 e. The number of rotatable bonds is 6. The van der Waals surface area contributed by atoms with Crippen molar-refractivity contribution in [2.24, 2.45) is 0 Å². The molecule has 2 N–H and O–H groups in total. The first-order chi connectivity index (χ1) is 15.1. The monoisotopic (exact) mass is 476 g/mol. The van der Waals surface area contributed by atoms with E-state index in [9.17, 15) is 21.9 Å². The molecule has 0 atom stereocenters. The van der Waals surface area contributed by atoms with Crippen molar-refractivity contribution in [3.8, 4) is 0 Å². The van der Waals surface area contributed by atoms with Crippen molar-refractivity contribution >= 4 is 30.9 Å². The minimum Gasteiger partial charge on any atom is -0.393 e. The Bertz CT molecular complexity index is 1320. The van der Waals surface area contributed by atoms with Crippen molar-refractivity contribution in [3.05, 3.63) is 60.3 Å². The SMILES string of the molecule is CC(C)c1cccc2c1c(S(=O)(=O)N[C@H]1CC[C@H](O)CC1)cn2S(=O)(=O)c1ccccc1. The molecule has 0 radical (unpaired) electrons. The van der Waals surface area contributed by atoms with Crippen LogP contribution in [0.15, 0.2) is 64.5 Å². The van der Waals surface area contributed by atoms with Crippen molar-refractivity contribution in [3.63, 3.8) is 0 Å². The van der Waals surface area contributed by atoms with Gasteiger partial charge in [-0.25, -0.2) is 25.5 Å². The van der Waals surface area contributed by atoms with Crippen LogP contribution in [-0.2, 0) is 20.0 Å². The molecule has 1 saturated carbocycles. The van der Waals surface area contributed by atoms with Gasteiger partial charge in [-0.2, -0.15) is 0 Å². The summed E-state index contributed by atoms with van der Waals surface area (Å²) in [5.74, 6) is -0.00671. The lowest BCUT2D eigenvalue weighted by molar-refractivity contribution is 0.120. The minimum atomic E-state index is -4.00. The summed E-state index contributed by atoms with van der Waals surface area (Å²) >= 11 is 0. The van der Waals surface area contributed by atoms with Crippen LogP contribution in [-0.4, -0.2) is 38.1 Å². The summed E-state index contributed by atoms with van der Waals surface area (Å²) in [6.07, 6.45) is 2.97. The van der Waals surface area contributed by atoms with E-state index >= 15 is 0 Å². The van der Waals surface area contributed by atoms with E-state index in [4.69, 9.17) is 0 Å². The number of aliphatic hydroxyl groups is 1. The zero-order valence-corrected chi connectivity index (χ0v) is 19.7. The van der Waals surface area contributed by atoms with Crippen LogP contribution in [0.3, 0.4) is 0 Å². The molecule has 4 rings (SSSR count). The summed E-state index contributed by atoms with van der Waals surface area (Å²) in [4.78, 5) is 0.0486. The number of hydrogen-bond acceptors (Lipinski definition) is 5. The molecule has 1 aliphatic rings. The van der Waals surface area contributed by atoms with Gasteiger partial charge in [0.05, 0.1) is 16.5 Å². The molecule has 1 heterocycles. The fourth-order valence-electron chi connectivity index (χ4n) is 4.32. The summed E-state index contributed by atoms with van der Waals surface area (Å²) in [6, 6.07) is 12.9. The maximum atomic E-state index is 13.5. The van der Waals surface area contributed by atoms with E-state index in [2.05, 4.69) is 4.72 Å². The van der Waals surface area contributed by atoms with Gasteiger partial charge in [0.2, 0.25) is 10.0 Å². The van der Waals surface area contributed by atoms with Crippen LogP contribution in [0.4, 0.5) is 0 Å². The lowest BCUT2D eigenvalue weighted by atomic mass is 9.94. The van der Waals surface area contributed by atoms with Gasteiger partial charge < -0.3 is 5.11 Å². The molecular weight excluding hydrogens is 448 g/mol. The highest BCUT2D eigenvalue weighted by Crippen LogP contribution is 2.35. The number of nitrogens with one attached hydrogen (secondary N) is 1. The largest absolute Gasteiger partial charge is 0.393 e. The molecule has 0 bridgehead atoms. The first-order valence-corrected chi connectivity index (χ1v) is 13.7. The van der Waals surface area contributed by atoms with Crippen LogP contribution < -0.4 is 4.72 Å². The van der Waals surface area contributed by atoms with Crippen LogP contribution in [0.25, 0.3) is 10.9 Å². The van der Waals surface area contributed by atoms with Crippen LogP contribution in [0.5, 0.6) is 0 Å². The quantitative estimate of drug-likeness (QED) is 0.566.